The molecule has 5 rings (SSSR count). The van der Waals surface area contributed by atoms with Crippen molar-refractivity contribution < 1.29 is 60.0 Å². The molecule has 0 spiro atoms. The summed E-state index contributed by atoms with van der Waals surface area (Å²) in [5, 5.41) is 21.6. The van der Waals surface area contributed by atoms with Crippen molar-refractivity contribution in [2.75, 3.05) is 33.5 Å². The van der Waals surface area contributed by atoms with Crippen LogP contribution in [-0.2, 0) is 25.8 Å². The number of methoxy groups -OCH3 is 1. The van der Waals surface area contributed by atoms with Crippen molar-refractivity contribution in [1.82, 2.24) is 15.0 Å². The molecular formula is C31H31F4N3O9S. The highest BCUT2D eigenvalue weighted by Crippen LogP contribution is 2.48. The first-order valence-corrected chi connectivity index (χ1v) is 16.1. The second-order valence-electron chi connectivity index (χ2n) is 11.5. The molecular weight excluding hydrogens is 666 g/mol. The van der Waals surface area contributed by atoms with Crippen LogP contribution in [0.4, 0.5) is 17.6 Å². The van der Waals surface area contributed by atoms with E-state index in [1.54, 1.807) is 0 Å². The number of benzene rings is 2. The van der Waals surface area contributed by atoms with Crippen molar-refractivity contribution in [2.24, 2.45) is 0 Å². The highest BCUT2D eigenvalue weighted by Gasteiger charge is 2.58. The lowest BCUT2D eigenvalue weighted by atomic mass is 9.81. The van der Waals surface area contributed by atoms with Crippen molar-refractivity contribution in [2.45, 2.75) is 42.2 Å². The first kappa shape index (κ1) is 34.8. The van der Waals surface area contributed by atoms with Crippen molar-refractivity contribution >= 4 is 21.8 Å². The number of sulfonamides is 1. The Morgan fingerprint density at radius 3 is 2.40 bits per heavy atom. The van der Waals surface area contributed by atoms with E-state index in [1.807, 2.05) is 4.72 Å². The molecule has 1 aliphatic heterocycles. The molecule has 1 aliphatic carbocycles. The number of carbonyl (C=O) groups excluding carboxylic acids is 2. The maximum Gasteiger partial charge on any atom is 0.424 e. The van der Waals surface area contributed by atoms with Crippen LogP contribution in [-0.4, -0.2) is 80.3 Å². The number of aliphatic hydroxyl groups excluding tert-OH is 1. The molecule has 1 unspecified atom stereocenters. The molecule has 48 heavy (non-hydrogen) atoms. The van der Waals surface area contributed by atoms with Gasteiger partial charge in [-0.15, -0.1) is 0 Å². The number of hydrogen-bond donors (Lipinski definition) is 4. The average molecular weight is 698 g/mol. The van der Waals surface area contributed by atoms with Gasteiger partial charge < -0.3 is 29.7 Å². The van der Waals surface area contributed by atoms with E-state index < -0.39 is 68.9 Å². The summed E-state index contributed by atoms with van der Waals surface area (Å²) in [6.45, 7) is -1.07. The van der Waals surface area contributed by atoms with Gasteiger partial charge in [0.15, 0.2) is 11.5 Å². The maximum atomic E-state index is 14.8. The van der Waals surface area contributed by atoms with E-state index >= 15 is 0 Å². The molecule has 12 nitrogen and oxygen atoms in total. The minimum Gasteiger partial charge on any atom is -0.493 e. The quantitative estimate of drug-likeness (QED) is 0.206. The Morgan fingerprint density at radius 2 is 1.79 bits per heavy atom. The largest absolute Gasteiger partial charge is 0.493 e. The van der Waals surface area contributed by atoms with Gasteiger partial charge in [-0.25, -0.2) is 17.8 Å². The second kappa shape index (κ2) is 12.9. The van der Waals surface area contributed by atoms with Crippen LogP contribution in [0.15, 0.2) is 48.5 Å². The first-order chi connectivity index (χ1) is 22.5. The van der Waals surface area contributed by atoms with Crippen molar-refractivity contribution in [3.05, 3.63) is 71.2 Å². The number of halogens is 4. The Bertz CT molecular complexity index is 1840. The van der Waals surface area contributed by atoms with Gasteiger partial charge in [-0.3, -0.25) is 14.3 Å². The maximum absolute atomic E-state index is 14.8. The Balaban J connectivity index is 1.55. The van der Waals surface area contributed by atoms with Crippen LogP contribution in [0.5, 0.6) is 17.2 Å². The highest BCUT2D eigenvalue weighted by atomic mass is 32.2. The second-order valence-corrected chi connectivity index (χ2v) is 13.5. The Kier molecular flexibility index (Phi) is 9.33. The minimum atomic E-state index is -5.46. The van der Waals surface area contributed by atoms with Crippen LogP contribution in [0.1, 0.15) is 41.4 Å². The van der Waals surface area contributed by atoms with Gasteiger partial charge in [-0.2, -0.15) is 13.2 Å². The molecule has 0 bridgehead atoms. The molecule has 17 heteroatoms. The molecule has 2 heterocycles. The number of amides is 2. The van der Waals surface area contributed by atoms with Crippen LogP contribution >= 0.6 is 0 Å². The van der Waals surface area contributed by atoms with Crippen LogP contribution in [0, 0.1) is 5.82 Å². The molecule has 2 atom stereocenters. The third-order valence-corrected chi connectivity index (χ3v) is 9.88. The molecule has 3 aromatic rings. The van der Waals surface area contributed by atoms with Crippen LogP contribution < -0.4 is 24.2 Å². The Hall–Kier alpha value is -4.48. The van der Waals surface area contributed by atoms with Crippen LogP contribution in [0.2, 0.25) is 0 Å². The summed E-state index contributed by atoms with van der Waals surface area (Å²) < 4.78 is 102. The van der Waals surface area contributed by atoms with E-state index in [0.29, 0.717) is 12.8 Å². The van der Waals surface area contributed by atoms with Gasteiger partial charge in [0.25, 0.3) is 5.91 Å². The van der Waals surface area contributed by atoms with Crippen LogP contribution in [0.3, 0.4) is 0 Å². The van der Waals surface area contributed by atoms with Crippen molar-refractivity contribution in [3.8, 4) is 28.5 Å². The number of carbonyl (C=O) groups is 2. The molecule has 1 aromatic heterocycles. The zero-order chi connectivity index (χ0) is 35.1. The van der Waals surface area contributed by atoms with Gasteiger partial charge in [-0.1, -0.05) is 0 Å². The fourth-order valence-corrected chi connectivity index (χ4v) is 6.43. The number of pyridine rings is 1. The molecule has 0 radical (unpaired) electrons. The van der Waals surface area contributed by atoms with E-state index in [-0.39, 0.29) is 52.8 Å². The van der Waals surface area contributed by atoms with Gasteiger partial charge in [0, 0.05) is 16.7 Å². The SMILES string of the molecule is COc1cc(C(=O)NCC(O)(c2cc3c(c(-c4ccc(F)cc4)n2)OC[C@]3(C)C(=O)NS(=O)(=O)C2CC2)C(F)(F)F)ccc1OCCO. The molecule has 0 saturated heterocycles. The topological polar surface area (TPSA) is 173 Å². The van der Waals surface area contributed by atoms with Gasteiger partial charge in [-0.05, 0) is 68.3 Å². The first-order valence-electron chi connectivity index (χ1n) is 14.5. The lowest BCUT2D eigenvalue weighted by Gasteiger charge is -2.31. The third-order valence-electron chi connectivity index (χ3n) is 8.06. The third kappa shape index (κ3) is 6.61. The number of aromatic nitrogens is 1. The lowest BCUT2D eigenvalue weighted by molar-refractivity contribution is -0.265. The van der Waals surface area contributed by atoms with E-state index in [1.165, 1.54) is 44.4 Å². The zero-order valence-electron chi connectivity index (χ0n) is 25.6. The smallest absolute Gasteiger partial charge is 0.424 e. The van der Waals surface area contributed by atoms with E-state index in [9.17, 15) is 40.7 Å². The summed E-state index contributed by atoms with van der Waals surface area (Å²) in [6, 6.07) is 8.95. The number of alkyl halides is 3. The molecule has 4 N–H and O–H groups in total. The predicted octanol–water partition coefficient (Wildman–Crippen LogP) is 2.71. The molecule has 2 aromatic carbocycles. The average Bonchev–Trinajstić information content (AvgIpc) is 3.86. The summed E-state index contributed by atoms with van der Waals surface area (Å²) in [5.41, 5.74) is -7.37. The van der Waals surface area contributed by atoms with E-state index in [0.717, 1.165) is 18.2 Å². The lowest BCUT2D eigenvalue weighted by Crippen LogP contribution is -2.52. The standard InChI is InChI=1S/C31H31F4N3O9S/c1-29(28(41)38-48(43,44)20-8-9-20)16-47-26-21(29)14-24(37-25(26)17-3-6-19(32)7-4-17)30(42,31(33,34)35)15-36-27(40)18-5-10-22(46-12-11-39)23(13-18)45-2/h3-7,10,13-14,20,39,42H,8-9,11-12,15-16H2,1-2H3,(H,36,40)(H,38,41)/t29-,30?/m0/s1. The van der Waals surface area contributed by atoms with Crippen LogP contribution in [0.25, 0.3) is 11.3 Å². The van der Waals surface area contributed by atoms with Gasteiger partial charge in [0.2, 0.25) is 21.5 Å². The van der Waals surface area contributed by atoms with Gasteiger partial charge in [0.1, 0.15) is 35.9 Å². The summed E-state index contributed by atoms with van der Waals surface area (Å²) in [6.07, 6.45) is -4.78. The summed E-state index contributed by atoms with van der Waals surface area (Å²) in [7, 11) is -2.80. The molecule has 2 aliphatic rings. The normalized spacial score (nSPS) is 18.7. The number of nitrogens with zero attached hydrogens (tertiary/aromatic N) is 1. The number of aliphatic hydroxyl groups is 2. The van der Waals surface area contributed by atoms with Gasteiger partial charge in [0.05, 0.1) is 31.2 Å². The number of rotatable bonds is 12. The molecule has 1 saturated carbocycles. The summed E-state index contributed by atoms with van der Waals surface area (Å²) >= 11 is 0. The number of ether oxygens (including phenoxy) is 3. The molecule has 2 amide bonds. The summed E-state index contributed by atoms with van der Waals surface area (Å²) in [5.74, 6) is -2.74. The predicted molar refractivity (Wildman–Crippen MR) is 160 cm³/mol. The fraction of sp³-hybridized carbons (Fsp3) is 0.387. The van der Waals surface area contributed by atoms with Gasteiger partial charge >= 0.3 is 6.18 Å². The molecule has 258 valence electrons. The zero-order valence-corrected chi connectivity index (χ0v) is 26.4. The monoisotopic (exact) mass is 697 g/mol. The van der Waals surface area contributed by atoms with E-state index in [2.05, 4.69) is 10.3 Å². The Morgan fingerprint density at radius 1 is 1.10 bits per heavy atom. The minimum absolute atomic E-state index is 0.0488. The fourth-order valence-electron chi connectivity index (χ4n) is 5.02. The van der Waals surface area contributed by atoms with Crippen molar-refractivity contribution in [3.63, 3.8) is 0 Å². The summed E-state index contributed by atoms with van der Waals surface area (Å²) in [4.78, 5) is 30.5. The number of hydrogen-bond acceptors (Lipinski definition) is 10. The number of nitrogens with one attached hydrogen (secondary N) is 2. The molecule has 1 fully saturated rings. The highest BCUT2D eigenvalue weighted by molar-refractivity contribution is 7.90. The number of fused-ring (bicyclic) bond motifs is 1. The van der Waals surface area contributed by atoms with Crippen molar-refractivity contribution in [1.29, 1.82) is 0 Å². The van der Waals surface area contributed by atoms with E-state index in [4.69, 9.17) is 19.3 Å². The Labute approximate surface area is 272 Å².